The van der Waals surface area contributed by atoms with Gasteiger partial charge in [0.15, 0.2) is 0 Å². The molecule has 0 aromatic heterocycles. The van der Waals surface area contributed by atoms with Crippen LogP contribution in [-0.4, -0.2) is 53.3 Å². The van der Waals surface area contributed by atoms with E-state index in [2.05, 4.69) is 0 Å². The highest BCUT2D eigenvalue weighted by atomic mass is 16.6. The van der Waals surface area contributed by atoms with E-state index in [1.54, 1.807) is 33.8 Å². The highest BCUT2D eigenvalue weighted by Crippen LogP contribution is 2.18. The molecule has 1 atom stereocenters. The Hall–Kier alpha value is -2.83. The summed E-state index contributed by atoms with van der Waals surface area (Å²) in [7, 11) is 0. The Kier molecular flexibility index (Phi) is 11.8. The monoisotopic (exact) mass is 475 g/mol. The van der Waals surface area contributed by atoms with Crippen LogP contribution in [0.3, 0.4) is 0 Å². The Balaban J connectivity index is 2.89. The number of hydrogen-bond acceptors (Lipinski definition) is 6. The Labute approximate surface area is 204 Å². The Morgan fingerprint density at radius 2 is 1.56 bits per heavy atom. The van der Waals surface area contributed by atoms with Crippen LogP contribution in [0.2, 0.25) is 0 Å². The van der Waals surface area contributed by atoms with E-state index in [0.29, 0.717) is 25.8 Å². The minimum Gasteiger partial charge on any atom is -0.464 e. The molecule has 0 unspecified atom stereocenters. The predicted octanol–water partition coefficient (Wildman–Crippen LogP) is 5.47. The Bertz CT molecular complexity index is 805. The van der Waals surface area contributed by atoms with Gasteiger partial charge in [-0.15, -0.1) is 0 Å². The molecule has 0 aliphatic carbocycles. The van der Waals surface area contributed by atoms with E-state index in [0.717, 1.165) is 12.0 Å². The van der Waals surface area contributed by atoms with Gasteiger partial charge >= 0.3 is 18.0 Å². The fourth-order valence-corrected chi connectivity index (χ4v) is 3.15. The number of amides is 1. The van der Waals surface area contributed by atoms with Crippen LogP contribution in [-0.2, 0) is 30.2 Å². The molecule has 1 amide bonds. The van der Waals surface area contributed by atoms with Crippen molar-refractivity contribution in [3.63, 3.8) is 0 Å². The van der Waals surface area contributed by atoms with Gasteiger partial charge in [-0.1, -0.05) is 36.4 Å². The van der Waals surface area contributed by atoms with Crippen molar-refractivity contribution in [2.24, 2.45) is 0 Å². The number of benzene rings is 1. The van der Waals surface area contributed by atoms with Gasteiger partial charge in [0.25, 0.3) is 0 Å². The topological polar surface area (TPSA) is 82.1 Å². The van der Waals surface area contributed by atoms with Crippen LogP contribution in [0, 0.1) is 0 Å². The normalized spacial score (nSPS) is 12.8. The van der Waals surface area contributed by atoms with Gasteiger partial charge in [-0.3, -0.25) is 4.90 Å². The van der Waals surface area contributed by atoms with Gasteiger partial charge in [-0.05, 0) is 73.3 Å². The molecule has 0 saturated carbocycles. The zero-order chi connectivity index (χ0) is 25.8. The largest absolute Gasteiger partial charge is 0.464 e. The zero-order valence-corrected chi connectivity index (χ0v) is 21.8. The van der Waals surface area contributed by atoms with Crippen LogP contribution in [0.5, 0.6) is 0 Å². The summed E-state index contributed by atoms with van der Waals surface area (Å²) in [6.45, 7) is 13.1. The number of carbonyl (C=O) groups excluding carboxylic acids is 3. The van der Waals surface area contributed by atoms with Crippen molar-refractivity contribution >= 4 is 18.0 Å². The molecule has 0 heterocycles. The summed E-state index contributed by atoms with van der Waals surface area (Å²) in [4.78, 5) is 39.2. The second-order valence-corrected chi connectivity index (χ2v) is 10.1. The van der Waals surface area contributed by atoms with Crippen molar-refractivity contribution in [2.75, 3.05) is 13.2 Å². The number of rotatable bonds is 11. The SMILES string of the molecule is CCOC(=O)[C@H](Cc1ccccc1)N(CCCC/C=C/C(=O)OC(C)(C)C)C(=O)OC(C)(C)C. The van der Waals surface area contributed by atoms with Crippen molar-refractivity contribution in [1.82, 2.24) is 4.90 Å². The van der Waals surface area contributed by atoms with Crippen LogP contribution < -0.4 is 0 Å². The lowest BCUT2D eigenvalue weighted by Gasteiger charge is -2.32. The van der Waals surface area contributed by atoms with Crippen molar-refractivity contribution < 1.29 is 28.6 Å². The maximum atomic E-state index is 13.1. The minimum absolute atomic E-state index is 0.224. The molecule has 0 aliphatic heterocycles. The molecular weight excluding hydrogens is 434 g/mol. The van der Waals surface area contributed by atoms with Crippen LogP contribution in [0.4, 0.5) is 4.79 Å². The summed E-state index contributed by atoms with van der Waals surface area (Å²) in [5.74, 6) is -0.838. The van der Waals surface area contributed by atoms with Crippen molar-refractivity contribution in [1.29, 1.82) is 0 Å². The molecule has 0 saturated heterocycles. The predicted molar refractivity (Wildman–Crippen MR) is 132 cm³/mol. The standard InChI is InChI=1S/C27H41NO6/c1-8-32-24(30)22(20-21-16-12-11-13-17-21)28(25(31)34-27(5,6)7)19-15-10-9-14-18-23(29)33-26(2,3)4/h11-14,16-18,22H,8-10,15,19-20H2,1-7H3/b18-14+/t22-/m0/s1. The fourth-order valence-electron chi connectivity index (χ4n) is 3.15. The summed E-state index contributed by atoms with van der Waals surface area (Å²) in [6.07, 6.45) is 4.96. The van der Waals surface area contributed by atoms with Gasteiger partial charge in [0, 0.05) is 19.0 Å². The van der Waals surface area contributed by atoms with Gasteiger partial charge in [0.2, 0.25) is 0 Å². The first-order valence-electron chi connectivity index (χ1n) is 11.9. The van der Waals surface area contributed by atoms with Crippen LogP contribution in [0.25, 0.3) is 0 Å². The summed E-state index contributed by atoms with van der Waals surface area (Å²) >= 11 is 0. The van der Waals surface area contributed by atoms with Crippen LogP contribution in [0.15, 0.2) is 42.5 Å². The van der Waals surface area contributed by atoms with Gasteiger partial charge in [-0.2, -0.15) is 0 Å². The first-order valence-corrected chi connectivity index (χ1v) is 11.9. The molecule has 1 aromatic carbocycles. The van der Waals surface area contributed by atoms with E-state index in [1.165, 1.54) is 11.0 Å². The number of carbonyl (C=O) groups is 3. The molecule has 0 aliphatic rings. The van der Waals surface area contributed by atoms with E-state index in [1.807, 2.05) is 51.1 Å². The lowest BCUT2D eigenvalue weighted by Crippen LogP contribution is -2.49. The summed E-state index contributed by atoms with van der Waals surface area (Å²) in [5, 5.41) is 0. The van der Waals surface area contributed by atoms with E-state index in [4.69, 9.17) is 14.2 Å². The Morgan fingerprint density at radius 3 is 2.12 bits per heavy atom. The molecule has 1 rings (SSSR count). The van der Waals surface area contributed by atoms with E-state index in [9.17, 15) is 14.4 Å². The third-order valence-electron chi connectivity index (χ3n) is 4.52. The second-order valence-electron chi connectivity index (χ2n) is 10.1. The maximum absolute atomic E-state index is 13.1. The van der Waals surface area contributed by atoms with E-state index < -0.39 is 29.3 Å². The molecule has 0 N–H and O–H groups in total. The first-order chi connectivity index (χ1) is 15.8. The quantitative estimate of drug-likeness (QED) is 0.183. The average Bonchev–Trinajstić information content (AvgIpc) is 2.70. The summed E-state index contributed by atoms with van der Waals surface area (Å²) in [6, 6.07) is 8.73. The van der Waals surface area contributed by atoms with Gasteiger partial charge < -0.3 is 14.2 Å². The summed E-state index contributed by atoms with van der Waals surface area (Å²) in [5.41, 5.74) is -0.303. The number of hydrogen-bond donors (Lipinski definition) is 0. The number of nitrogens with zero attached hydrogens (tertiary/aromatic N) is 1. The fraction of sp³-hybridized carbons (Fsp3) is 0.593. The van der Waals surface area contributed by atoms with Crippen molar-refractivity contribution in [3.05, 3.63) is 48.0 Å². The highest BCUT2D eigenvalue weighted by Gasteiger charge is 2.33. The van der Waals surface area contributed by atoms with Crippen LogP contribution in [0.1, 0.15) is 73.3 Å². The molecule has 7 nitrogen and oxygen atoms in total. The Morgan fingerprint density at radius 1 is 0.941 bits per heavy atom. The smallest absolute Gasteiger partial charge is 0.411 e. The third-order valence-corrected chi connectivity index (χ3v) is 4.52. The van der Waals surface area contributed by atoms with Gasteiger partial charge in [0.1, 0.15) is 17.2 Å². The molecule has 0 radical (unpaired) electrons. The molecule has 7 heteroatoms. The molecular formula is C27H41NO6. The van der Waals surface area contributed by atoms with Gasteiger partial charge in [-0.25, -0.2) is 14.4 Å². The average molecular weight is 476 g/mol. The second kappa shape index (κ2) is 13.8. The van der Waals surface area contributed by atoms with Gasteiger partial charge in [0.05, 0.1) is 6.61 Å². The zero-order valence-electron chi connectivity index (χ0n) is 21.8. The minimum atomic E-state index is -0.797. The van der Waals surface area contributed by atoms with E-state index >= 15 is 0 Å². The molecule has 0 bridgehead atoms. The lowest BCUT2D eigenvalue weighted by atomic mass is 10.0. The molecule has 190 valence electrons. The lowest BCUT2D eigenvalue weighted by molar-refractivity contribution is -0.150. The van der Waals surface area contributed by atoms with Crippen molar-refractivity contribution in [2.45, 2.75) is 91.4 Å². The number of esters is 2. The number of unbranched alkanes of at least 4 members (excludes halogenated alkanes) is 2. The number of allylic oxidation sites excluding steroid dienone is 1. The highest BCUT2D eigenvalue weighted by molar-refractivity contribution is 5.82. The summed E-state index contributed by atoms with van der Waals surface area (Å²) < 4.78 is 16.2. The van der Waals surface area contributed by atoms with Crippen molar-refractivity contribution in [3.8, 4) is 0 Å². The molecule has 0 fully saturated rings. The molecule has 1 aromatic rings. The molecule has 0 spiro atoms. The first kappa shape index (κ1) is 29.2. The maximum Gasteiger partial charge on any atom is 0.411 e. The number of ether oxygens (including phenoxy) is 3. The third kappa shape index (κ3) is 12.4. The molecule has 34 heavy (non-hydrogen) atoms. The van der Waals surface area contributed by atoms with Crippen LogP contribution >= 0.6 is 0 Å². The van der Waals surface area contributed by atoms with E-state index in [-0.39, 0.29) is 12.6 Å².